The van der Waals surface area contributed by atoms with Crippen LogP contribution in [0, 0.1) is 0 Å². The summed E-state index contributed by atoms with van der Waals surface area (Å²) in [5, 5.41) is 17.6. The maximum Gasteiger partial charge on any atom is 0.255 e. The van der Waals surface area contributed by atoms with Crippen LogP contribution in [-0.4, -0.2) is 62.8 Å². The Morgan fingerprint density at radius 2 is 2.04 bits per heavy atom. The van der Waals surface area contributed by atoms with E-state index in [2.05, 4.69) is 10.3 Å². The van der Waals surface area contributed by atoms with Crippen molar-refractivity contribution in [2.75, 3.05) is 26.3 Å². The molecule has 8 nitrogen and oxygen atoms in total. The zero-order valence-electron chi connectivity index (χ0n) is 16.0. The van der Waals surface area contributed by atoms with Crippen molar-refractivity contribution in [3.8, 4) is 0 Å². The van der Waals surface area contributed by atoms with Crippen LogP contribution in [0.25, 0.3) is 0 Å². The molecule has 2 saturated heterocycles. The predicted octanol–water partition coefficient (Wildman–Crippen LogP) is 1.48. The van der Waals surface area contributed by atoms with Gasteiger partial charge in [-0.15, -0.1) is 5.10 Å². The fraction of sp³-hybridized carbons (Fsp3) is 0.550. The van der Waals surface area contributed by atoms with Crippen molar-refractivity contribution in [3.63, 3.8) is 0 Å². The monoisotopic (exact) mass is 386 g/mol. The largest absolute Gasteiger partial charge is 0.387 e. The smallest absolute Gasteiger partial charge is 0.255 e. The first-order valence-electron chi connectivity index (χ1n) is 9.72. The minimum absolute atomic E-state index is 0.0267. The van der Waals surface area contributed by atoms with E-state index >= 15 is 0 Å². The van der Waals surface area contributed by atoms with Crippen molar-refractivity contribution < 1.29 is 19.4 Å². The van der Waals surface area contributed by atoms with Crippen LogP contribution in [0.3, 0.4) is 0 Å². The molecule has 0 radical (unpaired) electrons. The van der Waals surface area contributed by atoms with E-state index in [4.69, 9.17) is 9.47 Å². The average molecular weight is 386 g/mol. The predicted molar refractivity (Wildman–Crippen MR) is 100 cm³/mol. The maximum absolute atomic E-state index is 13.3. The Morgan fingerprint density at radius 3 is 2.68 bits per heavy atom. The fourth-order valence-corrected chi connectivity index (χ4v) is 3.65. The fourth-order valence-electron chi connectivity index (χ4n) is 3.65. The van der Waals surface area contributed by atoms with E-state index in [1.54, 1.807) is 17.8 Å². The number of nitrogens with zero attached hydrogens (tertiary/aromatic N) is 4. The van der Waals surface area contributed by atoms with Crippen molar-refractivity contribution in [2.45, 2.75) is 44.1 Å². The second-order valence-electron chi connectivity index (χ2n) is 7.54. The van der Waals surface area contributed by atoms with E-state index in [9.17, 15) is 9.90 Å². The number of benzene rings is 1. The van der Waals surface area contributed by atoms with Crippen LogP contribution in [-0.2, 0) is 20.9 Å². The normalized spacial score (nSPS) is 20.6. The molecule has 2 aromatic rings. The molecule has 0 saturated carbocycles. The average Bonchev–Trinajstić information content (AvgIpc) is 3.17. The summed E-state index contributed by atoms with van der Waals surface area (Å²) in [5.74, 6) is 0.0267. The van der Waals surface area contributed by atoms with Crippen LogP contribution < -0.4 is 0 Å². The third-order valence-corrected chi connectivity index (χ3v) is 5.53. The molecule has 1 aromatic carbocycles. The minimum Gasteiger partial charge on any atom is -0.387 e. The van der Waals surface area contributed by atoms with Crippen molar-refractivity contribution in [1.29, 1.82) is 0 Å². The summed E-state index contributed by atoms with van der Waals surface area (Å²) in [6, 6.07) is 9.98. The summed E-state index contributed by atoms with van der Waals surface area (Å²) < 4.78 is 13.4. The number of carbonyl (C=O) groups excluding carboxylic acids is 1. The second kappa shape index (κ2) is 7.98. The molecule has 0 spiro atoms. The van der Waals surface area contributed by atoms with E-state index in [1.165, 1.54) is 0 Å². The first kappa shape index (κ1) is 19.0. The topological polar surface area (TPSA) is 89.7 Å². The summed E-state index contributed by atoms with van der Waals surface area (Å²) in [7, 11) is 0. The number of likely N-dealkylation sites (tertiary alicyclic amines) is 1. The van der Waals surface area contributed by atoms with E-state index in [-0.39, 0.29) is 11.9 Å². The molecule has 1 atom stereocenters. The van der Waals surface area contributed by atoms with Crippen molar-refractivity contribution in [1.82, 2.24) is 19.9 Å². The molecular weight excluding hydrogens is 360 g/mol. The summed E-state index contributed by atoms with van der Waals surface area (Å²) >= 11 is 0. The molecular formula is C20H26N4O4. The molecule has 1 aromatic heterocycles. The van der Waals surface area contributed by atoms with Crippen molar-refractivity contribution in [3.05, 3.63) is 47.8 Å². The first-order chi connectivity index (χ1) is 13.6. The summed E-state index contributed by atoms with van der Waals surface area (Å²) in [4.78, 5) is 15.1. The molecule has 1 N–H and O–H groups in total. The molecule has 1 amide bonds. The van der Waals surface area contributed by atoms with Gasteiger partial charge in [0.1, 0.15) is 5.69 Å². The van der Waals surface area contributed by atoms with Crippen LogP contribution in [0.5, 0.6) is 0 Å². The number of ether oxygens (including phenoxy) is 2. The number of hydrogen-bond acceptors (Lipinski definition) is 6. The number of rotatable bonds is 6. The van der Waals surface area contributed by atoms with E-state index in [0.717, 1.165) is 5.56 Å². The SMILES string of the molecule is CC(O)c1cn(C2CN(C(=O)C3(OCc4ccccc4)CCOCC3)C2)nn1. The molecule has 2 aliphatic heterocycles. The lowest BCUT2D eigenvalue weighted by atomic mass is 9.90. The quantitative estimate of drug-likeness (QED) is 0.809. The number of amides is 1. The van der Waals surface area contributed by atoms with E-state index < -0.39 is 11.7 Å². The Balaban J connectivity index is 1.40. The lowest BCUT2D eigenvalue weighted by Crippen LogP contribution is -2.60. The zero-order chi connectivity index (χ0) is 19.6. The van der Waals surface area contributed by atoms with Crippen LogP contribution in [0.4, 0.5) is 0 Å². The number of aliphatic hydroxyl groups is 1. The van der Waals surface area contributed by atoms with Crippen LogP contribution in [0.1, 0.15) is 43.2 Å². The standard InChI is InChI=1S/C20H26N4O4/c1-15(25)18-13-24(22-21-18)17-11-23(12-17)19(26)20(7-9-27-10-8-20)28-14-16-5-3-2-4-6-16/h2-6,13,15,17,25H,7-12,14H2,1H3. The van der Waals surface area contributed by atoms with Gasteiger partial charge in [0, 0.05) is 39.1 Å². The van der Waals surface area contributed by atoms with Gasteiger partial charge < -0.3 is 19.5 Å². The van der Waals surface area contributed by atoms with Gasteiger partial charge >= 0.3 is 0 Å². The number of hydrogen-bond donors (Lipinski definition) is 1. The molecule has 2 aliphatic rings. The van der Waals surface area contributed by atoms with Crippen molar-refractivity contribution >= 4 is 5.91 Å². The molecule has 0 aliphatic carbocycles. The van der Waals surface area contributed by atoms with Crippen LogP contribution >= 0.6 is 0 Å². The lowest BCUT2D eigenvalue weighted by Gasteiger charge is -2.45. The van der Waals surface area contributed by atoms with Crippen LogP contribution in [0.2, 0.25) is 0 Å². The minimum atomic E-state index is -0.827. The van der Waals surface area contributed by atoms with Gasteiger partial charge in [-0.05, 0) is 12.5 Å². The Kier molecular flexibility index (Phi) is 5.43. The molecule has 4 rings (SSSR count). The molecule has 3 heterocycles. The summed E-state index contributed by atoms with van der Waals surface area (Å²) in [5.41, 5.74) is 0.763. The highest BCUT2D eigenvalue weighted by atomic mass is 16.5. The third-order valence-electron chi connectivity index (χ3n) is 5.53. The number of aliphatic hydroxyl groups excluding tert-OH is 1. The highest BCUT2D eigenvalue weighted by Crippen LogP contribution is 2.33. The summed E-state index contributed by atoms with van der Waals surface area (Å²) in [6.45, 7) is 4.25. The highest BCUT2D eigenvalue weighted by molar-refractivity contribution is 5.86. The highest BCUT2D eigenvalue weighted by Gasteiger charge is 2.47. The number of aromatic nitrogens is 3. The van der Waals surface area contributed by atoms with Gasteiger partial charge in [0.25, 0.3) is 5.91 Å². The molecule has 8 heteroatoms. The van der Waals surface area contributed by atoms with E-state index in [1.807, 2.05) is 35.2 Å². The third kappa shape index (κ3) is 3.80. The second-order valence-corrected chi connectivity index (χ2v) is 7.54. The van der Waals surface area contributed by atoms with Gasteiger partial charge in [-0.3, -0.25) is 4.79 Å². The molecule has 1 unspecified atom stereocenters. The van der Waals surface area contributed by atoms with Gasteiger partial charge in [-0.1, -0.05) is 35.5 Å². The summed E-state index contributed by atoms with van der Waals surface area (Å²) in [6.07, 6.45) is 2.22. The number of carbonyl (C=O) groups is 1. The Bertz CT molecular complexity index is 796. The lowest BCUT2D eigenvalue weighted by molar-refractivity contribution is -0.179. The first-order valence-corrected chi connectivity index (χ1v) is 9.72. The van der Waals surface area contributed by atoms with Crippen molar-refractivity contribution in [2.24, 2.45) is 0 Å². The van der Waals surface area contributed by atoms with Gasteiger partial charge in [0.2, 0.25) is 0 Å². The molecule has 150 valence electrons. The zero-order valence-corrected chi connectivity index (χ0v) is 16.0. The Morgan fingerprint density at radius 1 is 1.32 bits per heavy atom. The Labute approximate surface area is 164 Å². The van der Waals surface area contributed by atoms with Gasteiger partial charge in [0.05, 0.1) is 24.9 Å². The van der Waals surface area contributed by atoms with Gasteiger partial charge in [-0.25, -0.2) is 4.68 Å². The maximum atomic E-state index is 13.3. The Hall–Kier alpha value is -2.29. The molecule has 2 fully saturated rings. The van der Waals surface area contributed by atoms with Gasteiger partial charge in [-0.2, -0.15) is 0 Å². The van der Waals surface area contributed by atoms with Crippen LogP contribution in [0.15, 0.2) is 36.5 Å². The van der Waals surface area contributed by atoms with Gasteiger partial charge in [0.15, 0.2) is 5.60 Å². The molecule has 28 heavy (non-hydrogen) atoms. The molecule has 0 bridgehead atoms. The van der Waals surface area contributed by atoms with E-state index in [0.29, 0.717) is 51.4 Å².